The van der Waals surface area contributed by atoms with Crippen molar-refractivity contribution in [2.45, 2.75) is 58.0 Å². The Balaban J connectivity index is 2.45. The van der Waals surface area contributed by atoms with Crippen LogP contribution < -0.4 is 0 Å². The Kier molecular flexibility index (Phi) is 4.11. The highest BCUT2D eigenvalue weighted by Crippen LogP contribution is 2.36. The maximum atomic E-state index is 12.6. The molecular formula is C13H22F2O. The van der Waals surface area contributed by atoms with Crippen LogP contribution in [0.4, 0.5) is 8.78 Å². The molecule has 0 heterocycles. The van der Waals surface area contributed by atoms with Gasteiger partial charge in [-0.15, -0.1) is 0 Å². The molecule has 16 heavy (non-hydrogen) atoms. The number of alkyl halides is 2. The minimum atomic E-state index is -2.71. The van der Waals surface area contributed by atoms with Crippen LogP contribution in [0.15, 0.2) is 12.2 Å². The molecule has 1 unspecified atom stereocenters. The summed E-state index contributed by atoms with van der Waals surface area (Å²) in [6.07, 6.45) is 6.01. The highest BCUT2D eigenvalue weighted by Gasteiger charge is 2.30. The molecule has 3 heteroatoms. The van der Waals surface area contributed by atoms with Crippen LogP contribution in [0.5, 0.6) is 0 Å². The summed E-state index contributed by atoms with van der Waals surface area (Å²) in [6.45, 7) is 4.73. The number of allylic oxidation sites excluding steroid dienone is 2. The zero-order chi connectivity index (χ0) is 12.4. The zero-order valence-electron chi connectivity index (χ0n) is 10.3. The summed E-state index contributed by atoms with van der Waals surface area (Å²) in [5.41, 5.74) is -0.547. The lowest BCUT2D eigenvalue weighted by molar-refractivity contribution is 0.00301. The predicted octanol–water partition coefficient (Wildman–Crippen LogP) is 3.78. The van der Waals surface area contributed by atoms with Crippen LogP contribution in [0.2, 0.25) is 0 Å². The third-order valence-electron chi connectivity index (χ3n) is 3.54. The SMILES string of the molecule is CC(/C=C/C(C)(F)F)C1CCC(C)(O)CC1. The van der Waals surface area contributed by atoms with Crippen molar-refractivity contribution in [1.82, 2.24) is 0 Å². The van der Waals surface area contributed by atoms with Crippen molar-refractivity contribution >= 4 is 0 Å². The molecule has 0 amide bonds. The number of rotatable bonds is 3. The average Bonchev–Trinajstić information content (AvgIpc) is 2.13. The molecule has 0 spiro atoms. The van der Waals surface area contributed by atoms with E-state index in [0.29, 0.717) is 5.92 Å². The Morgan fingerprint density at radius 1 is 1.38 bits per heavy atom. The van der Waals surface area contributed by atoms with Gasteiger partial charge in [-0.25, -0.2) is 8.78 Å². The van der Waals surface area contributed by atoms with Gasteiger partial charge in [0.2, 0.25) is 0 Å². The average molecular weight is 232 g/mol. The van der Waals surface area contributed by atoms with Crippen LogP contribution in [0.3, 0.4) is 0 Å². The molecule has 0 saturated heterocycles. The second kappa shape index (κ2) is 4.82. The molecule has 0 bridgehead atoms. The summed E-state index contributed by atoms with van der Waals surface area (Å²) in [5, 5.41) is 9.80. The smallest absolute Gasteiger partial charge is 0.263 e. The summed E-state index contributed by atoms with van der Waals surface area (Å²) < 4.78 is 25.3. The topological polar surface area (TPSA) is 20.2 Å². The lowest BCUT2D eigenvalue weighted by atomic mass is 9.75. The number of hydrogen-bond donors (Lipinski definition) is 1. The maximum absolute atomic E-state index is 12.6. The van der Waals surface area contributed by atoms with Crippen molar-refractivity contribution < 1.29 is 13.9 Å². The lowest BCUT2D eigenvalue weighted by Gasteiger charge is -2.35. The Morgan fingerprint density at radius 2 is 1.88 bits per heavy atom. The molecule has 0 aromatic heterocycles. The molecule has 1 fully saturated rings. The Morgan fingerprint density at radius 3 is 2.31 bits per heavy atom. The van der Waals surface area contributed by atoms with Gasteiger partial charge in [0.15, 0.2) is 0 Å². The van der Waals surface area contributed by atoms with E-state index in [9.17, 15) is 13.9 Å². The first-order valence-corrected chi connectivity index (χ1v) is 5.99. The second-order valence-corrected chi connectivity index (χ2v) is 5.51. The molecular weight excluding hydrogens is 210 g/mol. The summed E-state index contributed by atoms with van der Waals surface area (Å²) in [6, 6.07) is 0. The minimum absolute atomic E-state index is 0.168. The Bertz CT molecular complexity index is 243. The van der Waals surface area contributed by atoms with Crippen molar-refractivity contribution in [2.75, 3.05) is 0 Å². The van der Waals surface area contributed by atoms with Crippen LogP contribution in [-0.2, 0) is 0 Å². The fraction of sp³-hybridized carbons (Fsp3) is 0.846. The highest BCUT2D eigenvalue weighted by atomic mass is 19.3. The van der Waals surface area contributed by atoms with Crippen molar-refractivity contribution in [3.8, 4) is 0 Å². The third-order valence-corrected chi connectivity index (χ3v) is 3.54. The molecule has 0 radical (unpaired) electrons. The molecule has 1 nitrogen and oxygen atoms in total. The summed E-state index contributed by atoms with van der Waals surface area (Å²) in [4.78, 5) is 0. The van der Waals surface area contributed by atoms with E-state index >= 15 is 0 Å². The van der Waals surface area contributed by atoms with E-state index in [4.69, 9.17) is 0 Å². The maximum Gasteiger partial charge on any atom is 0.263 e. The van der Waals surface area contributed by atoms with E-state index in [1.165, 1.54) is 0 Å². The fourth-order valence-corrected chi connectivity index (χ4v) is 2.27. The number of halogens is 2. The van der Waals surface area contributed by atoms with E-state index in [-0.39, 0.29) is 5.92 Å². The summed E-state index contributed by atoms with van der Waals surface area (Å²) >= 11 is 0. The summed E-state index contributed by atoms with van der Waals surface area (Å²) in [5.74, 6) is -2.12. The first-order chi connectivity index (χ1) is 7.20. The van der Waals surface area contributed by atoms with Crippen molar-refractivity contribution in [3.05, 3.63) is 12.2 Å². The van der Waals surface area contributed by atoms with E-state index in [1.54, 1.807) is 6.08 Å². The summed E-state index contributed by atoms with van der Waals surface area (Å²) in [7, 11) is 0. The fourth-order valence-electron chi connectivity index (χ4n) is 2.27. The first-order valence-electron chi connectivity index (χ1n) is 5.99. The molecule has 1 N–H and O–H groups in total. The van der Waals surface area contributed by atoms with Gasteiger partial charge < -0.3 is 5.11 Å². The van der Waals surface area contributed by atoms with Crippen LogP contribution >= 0.6 is 0 Å². The lowest BCUT2D eigenvalue weighted by Crippen LogP contribution is -2.32. The second-order valence-electron chi connectivity index (χ2n) is 5.51. The van der Waals surface area contributed by atoms with Crippen molar-refractivity contribution in [2.24, 2.45) is 11.8 Å². The largest absolute Gasteiger partial charge is 0.390 e. The van der Waals surface area contributed by atoms with Gasteiger partial charge >= 0.3 is 0 Å². The standard InChI is InChI=1S/C13H22F2O/c1-10(4-9-13(3,14)15)11-5-7-12(2,16)8-6-11/h4,9-11,16H,5-8H2,1-3H3/b9-4+. The van der Waals surface area contributed by atoms with Crippen LogP contribution in [0.25, 0.3) is 0 Å². The van der Waals surface area contributed by atoms with Gasteiger partial charge in [0.1, 0.15) is 0 Å². The normalized spacial score (nSPS) is 34.2. The van der Waals surface area contributed by atoms with Gasteiger partial charge in [0.25, 0.3) is 5.92 Å². The molecule has 0 aliphatic heterocycles. The van der Waals surface area contributed by atoms with Crippen LogP contribution in [-0.4, -0.2) is 16.6 Å². The molecule has 1 atom stereocenters. The van der Waals surface area contributed by atoms with E-state index in [2.05, 4.69) is 0 Å². The van der Waals surface area contributed by atoms with Gasteiger partial charge in [0.05, 0.1) is 5.60 Å². The molecule has 0 aromatic carbocycles. The first kappa shape index (κ1) is 13.6. The van der Waals surface area contributed by atoms with E-state index < -0.39 is 11.5 Å². The number of hydrogen-bond acceptors (Lipinski definition) is 1. The highest BCUT2D eigenvalue weighted by molar-refractivity contribution is 4.98. The van der Waals surface area contributed by atoms with Gasteiger partial charge in [-0.1, -0.05) is 13.0 Å². The van der Waals surface area contributed by atoms with Gasteiger partial charge in [-0.05, 0) is 50.5 Å². The molecule has 1 saturated carbocycles. The molecule has 0 aromatic rings. The van der Waals surface area contributed by atoms with Crippen molar-refractivity contribution in [1.29, 1.82) is 0 Å². The minimum Gasteiger partial charge on any atom is -0.390 e. The predicted molar refractivity (Wildman–Crippen MR) is 61.5 cm³/mol. The van der Waals surface area contributed by atoms with Gasteiger partial charge in [-0.2, -0.15) is 0 Å². The van der Waals surface area contributed by atoms with Gasteiger partial charge in [0, 0.05) is 6.92 Å². The van der Waals surface area contributed by atoms with Crippen molar-refractivity contribution in [3.63, 3.8) is 0 Å². The molecule has 94 valence electrons. The van der Waals surface area contributed by atoms with Gasteiger partial charge in [-0.3, -0.25) is 0 Å². The monoisotopic (exact) mass is 232 g/mol. The van der Waals surface area contributed by atoms with Crippen LogP contribution in [0, 0.1) is 11.8 Å². The zero-order valence-corrected chi connectivity index (χ0v) is 10.3. The third kappa shape index (κ3) is 4.60. The van der Waals surface area contributed by atoms with E-state index in [0.717, 1.165) is 38.7 Å². The molecule has 1 aliphatic carbocycles. The quantitative estimate of drug-likeness (QED) is 0.734. The molecule has 1 rings (SSSR count). The van der Waals surface area contributed by atoms with Crippen LogP contribution in [0.1, 0.15) is 46.5 Å². The van der Waals surface area contributed by atoms with E-state index in [1.807, 2.05) is 13.8 Å². The Labute approximate surface area is 96.5 Å². The molecule has 1 aliphatic rings. The Hall–Kier alpha value is -0.440. The number of aliphatic hydroxyl groups is 1.